The van der Waals surface area contributed by atoms with E-state index >= 15 is 0 Å². The number of carbonyl (C=O) groups excluding carboxylic acids is 2. The molecule has 0 saturated carbocycles. The number of carbonyl (C=O) groups is 2. The second-order valence-electron chi connectivity index (χ2n) is 7.51. The van der Waals surface area contributed by atoms with Gasteiger partial charge >= 0.3 is 0 Å². The molecule has 0 fully saturated rings. The van der Waals surface area contributed by atoms with Gasteiger partial charge in [-0.1, -0.05) is 54.6 Å². The number of nitrogens with one attached hydrogen (secondary N) is 1. The molecule has 0 saturated heterocycles. The Kier molecular flexibility index (Phi) is 4.44. The summed E-state index contributed by atoms with van der Waals surface area (Å²) in [7, 11) is 0. The molecule has 0 aliphatic heterocycles. The third-order valence-electron chi connectivity index (χ3n) is 5.38. The van der Waals surface area contributed by atoms with Gasteiger partial charge < -0.3 is 14.2 Å². The smallest absolute Gasteiger partial charge is 0.291 e. The quantitative estimate of drug-likeness (QED) is 0.355. The fraction of sp³-hybridized carbons (Fsp3) is 0.0769. The van der Waals surface area contributed by atoms with Gasteiger partial charge in [-0.25, -0.2) is 0 Å². The van der Waals surface area contributed by atoms with Crippen LogP contribution in [0.25, 0.3) is 21.9 Å². The molecule has 5 heteroatoms. The largest absolute Gasteiger partial charge is 0.451 e. The van der Waals surface area contributed by atoms with E-state index in [4.69, 9.17) is 8.83 Å². The molecule has 31 heavy (non-hydrogen) atoms. The number of fused-ring (bicyclic) bond motifs is 2. The van der Waals surface area contributed by atoms with Crippen molar-refractivity contribution in [3.63, 3.8) is 0 Å². The van der Waals surface area contributed by atoms with E-state index < -0.39 is 5.91 Å². The van der Waals surface area contributed by atoms with Gasteiger partial charge in [0.05, 0.1) is 5.69 Å². The highest BCUT2D eigenvalue weighted by Gasteiger charge is 2.25. The van der Waals surface area contributed by atoms with E-state index in [1.54, 1.807) is 30.3 Å². The number of benzene rings is 3. The van der Waals surface area contributed by atoms with Gasteiger partial charge in [-0.2, -0.15) is 0 Å². The number of hydrogen-bond donors (Lipinski definition) is 1. The average molecular weight is 409 g/mol. The number of anilines is 1. The summed E-state index contributed by atoms with van der Waals surface area (Å²) in [6.45, 7) is 3.82. The van der Waals surface area contributed by atoms with E-state index in [0.717, 1.165) is 16.5 Å². The van der Waals surface area contributed by atoms with E-state index in [0.29, 0.717) is 27.8 Å². The van der Waals surface area contributed by atoms with E-state index in [9.17, 15) is 9.59 Å². The van der Waals surface area contributed by atoms with E-state index in [1.165, 1.54) is 0 Å². The Bertz CT molecular complexity index is 1460. The lowest BCUT2D eigenvalue weighted by atomic mass is 10.1. The molecule has 1 amide bonds. The van der Waals surface area contributed by atoms with E-state index in [-0.39, 0.29) is 17.3 Å². The zero-order valence-corrected chi connectivity index (χ0v) is 17.1. The van der Waals surface area contributed by atoms with Crippen LogP contribution < -0.4 is 5.32 Å². The van der Waals surface area contributed by atoms with Crippen LogP contribution in [0.3, 0.4) is 0 Å². The van der Waals surface area contributed by atoms with Crippen LogP contribution in [0.4, 0.5) is 5.69 Å². The van der Waals surface area contributed by atoms with Crippen LogP contribution in [0.5, 0.6) is 0 Å². The molecule has 5 rings (SSSR count). The van der Waals surface area contributed by atoms with Gasteiger partial charge in [0, 0.05) is 21.9 Å². The second kappa shape index (κ2) is 7.29. The minimum Gasteiger partial charge on any atom is -0.451 e. The summed E-state index contributed by atoms with van der Waals surface area (Å²) in [4.78, 5) is 26.3. The fourth-order valence-corrected chi connectivity index (χ4v) is 3.77. The SMILES string of the molecule is Cc1ccc2c(C)c(C(=O)Nc3c(C(=O)c4ccccc4)oc4ccccc34)oc2c1. The van der Waals surface area contributed by atoms with Crippen molar-refractivity contribution in [1.82, 2.24) is 0 Å². The van der Waals surface area contributed by atoms with Crippen molar-refractivity contribution in [2.75, 3.05) is 5.32 Å². The molecule has 0 aliphatic rings. The first-order valence-electron chi connectivity index (χ1n) is 9.95. The van der Waals surface area contributed by atoms with Crippen molar-refractivity contribution in [1.29, 1.82) is 0 Å². The van der Waals surface area contributed by atoms with Crippen molar-refractivity contribution in [2.45, 2.75) is 13.8 Å². The normalized spacial score (nSPS) is 11.2. The van der Waals surface area contributed by atoms with Crippen LogP contribution >= 0.6 is 0 Å². The zero-order chi connectivity index (χ0) is 21.5. The summed E-state index contributed by atoms with van der Waals surface area (Å²) < 4.78 is 11.7. The van der Waals surface area contributed by atoms with E-state index in [2.05, 4.69) is 5.32 Å². The molecule has 1 N–H and O–H groups in total. The minimum absolute atomic E-state index is 0.0883. The molecular formula is C26H19NO4. The maximum Gasteiger partial charge on any atom is 0.291 e. The number of rotatable bonds is 4. The fourth-order valence-electron chi connectivity index (χ4n) is 3.77. The number of hydrogen-bond acceptors (Lipinski definition) is 4. The third kappa shape index (κ3) is 3.20. The second-order valence-corrected chi connectivity index (χ2v) is 7.51. The third-order valence-corrected chi connectivity index (χ3v) is 5.38. The van der Waals surface area contributed by atoms with Gasteiger partial charge in [0.15, 0.2) is 11.5 Å². The first-order chi connectivity index (χ1) is 15.0. The average Bonchev–Trinajstić information content (AvgIpc) is 3.31. The summed E-state index contributed by atoms with van der Waals surface area (Å²) in [6, 6.07) is 21.9. The van der Waals surface area contributed by atoms with Gasteiger partial charge in [0.2, 0.25) is 5.78 Å². The molecule has 2 aromatic heterocycles. The van der Waals surface area contributed by atoms with Crippen LogP contribution in [0.15, 0.2) is 81.6 Å². The van der Waals surface area contributed by atoms with E-state index in [1.807, 2.05) is 56.3 Å². The van der Waals surface area contributed by atoms with Crippen LogP contribution in [0.1, 0.15) is 37.8 Å². The predicted molar refractivity (Wildman–Crippen MR) is 120 cm³/mol. The van der Waals surface area contributed by atoms with Gasteiger partial charge in [-0.15, -0.1) is 0 Å². The van der Waals surface area contributed by atoms with Crippen LogP contribution in [-0.4, -0.2) is 11.7 Å². The van der Waals surface area contributed by atoms with Crippen molar-refractivity contribution in [3.05, 3.63) is 101 Å². The zero-order valence-electron chi connectivity index (χ0n) is 17.1. The summed E-state index contributed by atoms with van der Waals surface area (Å²) in [5, 5.41) is 4.40. The molecule has 0 aliphatic carbocycles. The Hall–Kier alpha value is -4.12. The molecule has 152 valence electrons. The number of aryl methyl sites for hydroxylation is 2. The van der Waals surface area contributed by atoms with Crippen LogP contribution in [0.2, 0.25) is 0 Å². The summed E-state index contributed by atoms with van der Waals surface area (Å²) in [6.07, 6.45) is 0. The molecule has 0 radical (unpaired) electrons. The van der Waals surface area contributed by atoms with Gasteiger partial charge in [-0.05, 0) is 37.6 Å². The lowest BCUT2D eigenvalue weighted by Crippen LogP contribution is -2.14. The highest BCUT2D eigenvalue weighted by molar-refractivity contribution is 6.19. The highest BCUT2D eigenvalue weighted by Crippen LogP contribution is 2.34. The topological polar surface area (TPSA) is 72.5 Å². The van der Waals surface area contributed by atoms with Gasteiger partial charge in [0.1, 0.15) is 11.2 Å². The van der Waals surface area contributed by atoms with Crippen LogP contribution in [-0.2, 0) is 0 Å². The Morgan fingerprint density at radius 3 is 2.26 bits per heavy atom. The van der Waals surface area contributed by atoms with Gasteiger partial charge in [-0.3, -0.25) is 9.59 Å². The van der Waals surface area contributed by atoms with Crippen molar-refractivity contribution >= 4 is 39.3 Å². The summed E-state index contributed by atoms with van der Waals surface area (Å²) >= 11 is 0. The van der Waals surface area contributed by atoms with Crippen molar-refractivity contribution in [3.8, 4) is 0 Å². The minimum atomic E-state index is -0.431. The first kappa shape index (κ1) is 18.9. The number of furan rings is 2. The maximum atomic E-state index is 13.2. The maximum absolute atomic E-state index is 13.2. The Morgan fingerprint density at radius 1 is 0.742 bits per heavy atom. The van der Waals surface area contributed by atoms with Gasteiger partial charge in [0.25, 0.3) is 5.91 Å². The number of amides is 1. The predicted octanol–water partition coefficient (Wildman–Crippen LogP) is 6.28. The molecule has 0 bridgehead atoms. The van der Waals surface area contributed by atoms with Crippen LogP contribution in [0, 0.1) is 13.8 Å². The van der Waals surface area contributed by atoms with Crippen molar-refractivity contribution in [2.24, 2.45) is 0 Å². The molecule has 2 heterocycles. The molecule has 5 nitrogen and oxygen atoms in total. The monoisotopic (exact) mass is 409 g/mol. The summed E-state index contributed by atoms with van der Waals surface area (Å²) in [5.74, 6) is -0.432. The highest BCUT2D eigenvalue weighted by atomic mass is 16.4. The lowest BCUT2D eigenvalue weighted by Gasteiger charge is -2.05. The number of ketones is 1. The Balaban J connectivity index is 1.60. The first-order valence-corrected chi connectivity index (χ1v) is 9.95. The number of para-hydroxylation sites is 1. The Morgan fingerprint density at radius 2 is 1.45 bits per heavy atom. The molecule has 0 atom stereocenters. The molecular weight excluding hydrogens is 390 g/mol. The molecule has 3 aromatic carbocycles. The standard InChI is InChI=1S/C26H19NO4/c1-15-12-13-18-16(2)24(31-21(18)14-15)26(29)27-22-19-10-6-7-11-20(19)30-25(22)23(28)17-8-4-3-5-9-17/h3-14H,1-2H3,(H,27,29). The molecule has 0 spiro atoms. The summed E-state index contributed by atoms with van der Waals surface area (Å²) in [5.41, 5.74) is 3.79. The van der Waals surface area contributed by atoms with Crippen molar-refractivity contribution < 1.29 is 18.4 Å². The Labute approximate surface area is 178 Å². The molecule has 0 unspecified atom stereocenters. The lowest BCUT2D eigenvalue weighted by molar-refractivity contribution is 0.0997. The molecule has 5 aromatic rings.